The van der Waals surface area contributed by atoms with E-state index in [4.69, 9.17) is 25.4 Å². The summed E-state index contributed by atoms with van der Waals surface area (Å²) in [7, 11) is 1.60. The summed E-state index contributed by atoms with van der Waals surface area (Å²) in [6.07, 6.45) is 0. The Hall–Kier alpha value is -3.58. The summed E-state index contributed by atoms with van der Waals surface area (Å²) >= 11 is 5.89. The summed E-state index contributed by atoms with van der Waals surface area (Å²) in [5, 5.41) is 11.2. The van der Waals surface area contributed by atoms with Gasteiger partial charge in [-0.1, -0.05) is 34.0 Å². The lowest BCUT2D eigenvalue weighted by Gasteiger charge is -1.99. The first-order chi connectivity index (χ1) is 14.1. The Kier molecular flexibility index (Phi) is 5.31. The molecule has 0 unspecified atom stereocenters. The van der Waals surface area contributed by atoms with Crippen molar-refractivity contribution in [2.45, 2.75) is 6.54 Å². The van der Waals surface area contributed by atoms with Gasteiger partial charge in [-0.25, -0.2) is 0 Å². The van der Waals surface area contributed by atoms with Gasteiger partial charge in [-0.2, -0.15) is 0 Å². The van der Waals surface area contributed by atoms with Crippen LogP contribution in [0.5, 0.6) is 5.75 Å². The van der Waals surface area contributed by atoms with E-state index in [1.54, 1.807) is 43.5 Å². The van der Waals surface area contributed by atoms with Crippen molar-refractivity contribution in [1.82, 2.24) is 15.6 Å². The lowest BCUT2D eigenvalue weighted by Crippen LogP contribution is -2.22. The third kappa shape index (κ3) is 4.30. The van der Waals surface area contributed by atoms with E-state index in [0.29, 0.717) is 22.2 Å². The van der Waals surface area contributed by atoms with Crippen molar-refractivity contribution in [3.63, 3.8) is 0 Å². The molecule has 8 heteroatoms. The van der Waals surface area contributed by atoms with E-state index in [1.807, 2.05) is 24.3 Å². The highest BCUT2D eigenvalue weighted by molar-refractivity contribution is 6.30. The van der Waals surface area contributed by atoms with Gasteiger partial charge in [0.15, 0.2) is 17.2 Å². The molecule has 0 aliphatic carbocycles. The Morgan fingerprint density at radius 1 is 1.00 bits per heavy atom. The summed E-state index contributed by atoms with van der Waals surface area (Å²) in [5.41, 5.74) is 2.50. The minimum Gasteiger partial charge on any atom is -0.497 e. The zero-order valence-corrected chi connectivity index (χ0v) is 16.1. The Balaban J connectivity index is 1.39. The van der Waals surface area contributed by atoms with Gasteiger partial charge in [0.2, 0.25) is 0 Å². The Labute approximate surface area is 171 Å². The summed E-state index contributed by atoms with van der Waals surface area (Å²) in [5.74, 6) is 1.36. The van der Waals surface area contributed by atoms with Crippen molar-refractivity contribution in [3.8, 4) is 28.3 Å². The predicted molar refractivity (Wildman–Crippen MR) is 107 cm³/mol. The topological polar surface area (TPSA) is 90.4 Å². The molecule has 29 heavy (non-hydrogen) atoms. The highest BCUT2D eigenvalue weighted by Gasteiger charge is 2.15. The largest absolute Gasteiger partial charge is 0.497 e. The van der Waals surface area contributed by atoms with Gasteiger partial charge in [-0.05, 0) is 36.4 Å². The average Bonchev–Trinajstić information content (AvgIpc) is 3.43. The number of nitrogens with one attached hydrogen (secondary N) is 1. The van der Waals surface area contributed by atoms with Crippen LogP contribution in [0.4, 0.5) is 0 Å². The molecule has 0 aliphatic rings. The number of aromatic nitrogens is 2. The van der Waals surface area contributed by atoms with Gasteiger partial charge >= 0.3 is 0 Å². The summed E-state index contributed by atoms with van der Waals surface area (Å²) < 4.78 is 15.7. The quantitative estimate of drug-likeness (QED) is 0.501. The monoisotopic (exact) mass is 409 g/mol. The number of carbonyl (C=O) groups excluding carboxylic acids is 1. The molecule has 0 atom stereocenters. The molecular formula is C21H16ClN3O4. The van der Waals surface area contributed by atoms with Gasteiger partial charge in [0, 0.05) is 28.3 Å². The molecule has 1 amide bonds. The number of carbonyl (C=O) groups is 1. The second kappa shape index (κ2) is 8.20. The zero-order valence-electron chi connectivity index (χ0n) is 15.4. The van der Waals surface area contributed by atoms with Gasteiger partial charge in [0.05, 0.1) is 13.7 Å². The van der Waals surface area contributed by atoms with Crippen LogP contribution in [0.1, 0.15) is 16.2 Å². The van der Waals surface area contributed by atoms with E-state index in [1.165, 1.54) is 0 Å². The highest BCUT2D eigenvalue weighted by atomic mass is 35.5. The van der Waals surface area contributed by atoms with Crippen LogP contribution < -0.4 is 10.1 Å². The fraction of sp³-hybridized carbons (Fsp3) is 0.0952. The number of rotatable bonds is 6. The average molecular weight is 410 g/mol. The third-order valence-electron chi connectivity index (χ3n) is 4.24. The van der Waals surface area contributed by atoms with Crippen molar-refractivity contribution in [1.29, 1.82) is 0 Å². The SMILES string of the molecule is COc1ccc(-c2cc(C(=O)NCc3cc(-c4ccc(Cl)cc4)no3)no2)cc1. The molecule has 0 spiro atoms. The second-order valence-corrected chi connectivity index (χ2v) is 6.61. The lowest BCUT2D eigenvalue weighted by molar-refractivity contribution is 0.0938. The first kappa shape index (κ1) is 18.8. The maximum atomic E-state index is 12.3. The molecule has 2 aromatic heterocycles. The van der Waals surface area contributed by atoms with E-state index < -0.39 is 0 Å². The van der Waals surface area contributed by atoms with Crippen LogP contribution in [0.25, 0.3) is 22.6 Å². The van der Waals surface area contributed by atoms with Gasteiger partial charge < -0.3 is 19.1 Å². The molecule has 0 aliphatic heterocycles. The number of methoxy groups -OCH3 is 1. The minimum absolute atomic E-state index is 0.171. The molecule has 7 nitrogen and oxygen atoms in total. The summed E-state index contributed by atoms with van der Waals surface area (Å²) in [6, 6.07) is 17.8. The molecule has 0 radical (unpaired) electrons. The van der Waals surface area contributed by atoms with Crippen LogP contribution in [0, 0.1) is 0 Å². The van der Waals surface area contributed by atoms with E-state index in [9.17, 15) is 4.79 Å². The number of benzene rings is 2. The van der Waals surface area contributed by atoms with Gasteiger partial charge in [0.1, 0.15) is 11.4 Å². The zero-order chi connectivity index (χ0) is 20.2. The molecular weight excluding hydrogens is 394 g/mol. The molecule has 1 N–H and O–H groups in total. The number of ether oxygens (including phenoxy) is 1. The lowest BCUT2D eigenvalue weighted by atomic mass is 10.1. The van der Waals surface area contributed by atoms with Crippen LogP contribution in [-0.4, -0.2) is 23.3 Å². The van der Waals surface area contributed by atoms with Crippen molar-refractivity contribution < 1.29 is 18.6 Å². The van der Waals surface area contributed by atoms with Gasteiger partial charge in [0.25, 0.3) is 5.91 Å². The third-order valence-corrected chi connectivity index (χ3v) is 4.49. The van der Waals surface area contributed by atoms with Crippen molar-refractivity contribution in [2.24, 2.45) is 0 Å². The van der Waals surface area contributed by atoms with E-state index in [0.717, 1.165) is 16.9 Å². The molecule has 2 aromatic carbocycles. The van der Waals surface area contributed by atoms with Crippen LogP contribution in [0.2, 0.25) is 5.02 Å². The van der Waals surface area contributed by atoms with E-state index in [2.05, 4.69) is 15.6 Å². The predicted octanol–water partition coefficient (Wildman–Crippen LogP) is 4.59. The van der Waals surface area contributed by atoms with Crippen LogP contribution in [0.3, 0.4) is 0 Å². The molecule has 0 bridgehead atoms. The highest BCUT2D eigenvalue weighted by Crippen LogP contribution is 2.23. The molecule has 0 saturated carbocycles. The molecule has 146 valence electrons. The fourth-order valence-corrected chi connectivity index (χ4v) is 2.81. The first-order valence-corrected chi connectivity index (χ1v) is 9.11. The van der Waals surface area contributed by atoms with E-state index in [-0.39, 0.29) is 18.1 Å². The first-order valence-electron chi connectivity index (χ1n) is 8.73. The molecule has 4 rings (SSSR count). The van der Waals surface area contributed by atoms with Crippen LogP contribution >= 0.6 is 11.6 Å². The second-order valence-electron chi connectivity index (χ2n) is 6.17. The standard InChI is InChI=1S/C21H16ClN3O4/c1-27-16-8-4-14(5-9-16)20-11-19(25-29-20)21(26)23-12-17-10-18(24-28-17)13-2-6-15(22)7-3-13/h2-11H,12H2,1H3,(H,23,26). The van der Waals surface area contributed by atoms with Crippen LogP contribution in [0.15, 0.2) is 69.7 Å². The Morgan fingerprint density at radius 3 is 2.45 bits per heavy atom. The van der Waals surface area contributed by atoms with E-state index >= 15 is 0 Å². The molecule has 0 fully saturated rings. The minimum atomic E-state index is -0.377. The fourth-order valence-electron chi connectivity index (χ4n) is 2.68. The Morgan fingerprint density at radius 2 is 1.72 bits per heavy atom. The van der Waals surface area contributed by atoms with Gasteiger partial charge in [-0.3, -0.25) is 4.79 Å². The number of halogens is 1. The summed E-state index contributed by atoms with van der Waals surface area (Å²) in [6.45, 7) is 0.171. The van der Waals surface area contributed by atoms with Crippen molar-refractivity contribution in [2.75, 3.05) is 7.11 Å². The molecule has 2 heterocycles. The number of hydrogen-bond donors (Lipinski definition) is 1. The maximum Gasteiger partial charge on any atom is 0.273 e. The number of hydrogen-bond acceptors (Lipinski definition) is 6. The number of amides is 1. The van der Waals surface area contributed by atoms with Crippen LogP contribution in [-0.2, 0) is 6.54 Å². The number of nitrogens with zero attached hydrogens (tertiary/aromatic N) is 2. The maximum absolute atomic E-state index is 12.3. The molecule has 4 aromatic rings. The smallest absolute Gasteiger partial charge is 0.273 e. The summed E-state index contributed by atoms with van der Waals surface area (Å²) in [4.78, 5) is 12.3. The van der Waals surface area contributed by atoms with Crippen molar-refractivity contribution in [3.05, 3.63) is 77.1 Å². The molecule has 0 saturated heterocycles. The normalized spacial score (nSPS) is 10.7. The van der Waals surface area contributed by atoms with Gasteiger partial charge in [-0.15, -0.1) is 0 Å². The Bertz CT molecular complexity index is 1120. The van der Waals surface area contributed by atoms with Crippen molar-refractivity contribution >= 4 is 17.5 Å².